The second-order valence-electron chi connectivity index (χ2n) is 7.24. The molecule has 142 valence electrons. The summed E-state index contributed by atoms with van der Waals surface area (Å²) in [7, 11) is 1.82. The standard InChI is InChI=1S/C20H21N7O/c1-3-20-7-4-11-27(20)17-15(25(2)18(20)28)13-23-19(24-17)26-12-10-22-16(26)14-5-8-21-9-6-14/h5-6,8-10,12-13H,3-4,7,11H2,1-2H3. The van der Waals surface area contributed by atoms with Gasteiger partial charge in [-0.15, -0.1) is 0 Å². The molecule has 0 radical (unpaired) electrons. The number of imidazole rings is 1. The number of anilines is 2. The second-order valence-corrected chi connectivity index (χ2v) is 7.24. The van der Waals surface area contributed by atoms with Crippen LogP contribution in [0.4, 0.5) is 11.5 Å². The largest absolute Gasteiger partial charge is 0.340 e. The first-order chi connectivity index (χ1) is 13.7. The SMILES string of the molecule is CCC12CCCN1c1nc(-n3ccnc3-c3ccncc3)ncc1N(C)C2=O. The van der Waals surface area contributed by atoms with Crippen LogP contribution in [0.2, 0.25) is 0 Å². The molecule has 0 saturated carbocycles. The molecule has 2 aliphatic rings. The van der Waals surface area contributed by atoms with Crippen LogP contribution in [-0.2, 0) is 4.79 Å². The Morgan fingerprint density at radius 3 is 2.79 bits per heavy atom. The van der Waals surface area contributed by atoms with Crippen molar-refractivity contribution in [2.45, 2.75) is 31.7 Å². The fourth-order valence-corrected chi connectivity index (χ4v) is 4.44. The van der Waals surface area contributed by atoms with Crippen LogP contribution < -0.4 is 9.80 Å². The maximum absolute atomic E-state index is 13.1. The zero-order valence-corrected chi connectivity index (χ0v) is 15.9. The van der Waals surface area contributed by atoms with Gasteiger partial charge in [-0.05, 0) is 31.4 Å². The summed E-state index contributed by atoms with van der Waals surface area (Å²) < 4.78 is 1.87. The van der Waals surface area contributed by atoms with Gasteiger partial charge in [0.05, 0.1) is 6.20 Å². The molecule has 1 saturated heterocycles. The summed E-state index contributed by atoms with van der Waals surface area (Å²) in [5, 5.41) is 0. The number of aromatic nitrogens is 5. The Balaban J connectivity index is 1.65. The van der Waals surface area contributed by atoms with Gasteiger partial charge in [0.1, 0.15) is 17.1 Å². The highest BCUT2D eigenvalue weighted by molar-refractivity contribution is 6.07. The Hall–Kier alpha value is -3.29. The molecule has 3 aromatic heterocycles. The van der Waals surface area contributed by atoms with Crippen LogP contribution in [0.15, 0.2) is 43.1 Å². The van der Waals surface area contributed by atoms with Gasteiger partial charge in [0.15, 0.2) is 5.82 Å². The molecule has 8 heteroatoms. The highest BCUT2D eigenvalue weighted by Gasteiger charge is 2.52. The van der Waals surface area contributed by atoms with Gasteiger partial charge < -0.3 is 9.80 Å². The number of likely N-dealkylation sites (N-methyl/N-ethyl adjacent to an activating group) is 1. The molecule has 5 rings (SSSR count). The van der Waals surface area contributed by atoms with E-state index in [2.05, 4.69) is 26.8 Å². The van der Waals surface area contributed by atoms with Gasteiger partial charge in [-0.25, -0.2) is 9.97 Å². The normalized spacial score (nSPS) is 21.0. The summed E-state index contributed by atoms with van der Waals surface area (Å²) in [4.78, 5) is 35.0. The molecule has 3 aromatic rings. The third-order valence-corrected chi connectivity index (χ3v) is 5.93. The molecule has 0 aromatic carbocycles. The molecule has 28 heavy (non-hydrogen) atoms. The molecule has 0 spiro atoms. The van der Waals surface area contributed by atoms with Crippen LogP contribution in [0.3, 0.4) is 0 Å². The van der Waals surface area contributed by atoms with Crippen molar-refractivity contribution in [2.75, 3.05) is 23.4 Å². The maximum Gasteiger partial charge on any atom is 0.252 e. The molecule has 1 atom stereocenters. The third-order valence-electron chi connectivity index (χ3n) is 5.93. The number of hydrogen-bond donors (Lipinski definition) is 0. The Kier molecular flexibility index (Phi) is 3.68. The van der Waals surface area contributed by atoms with E-state index in [-0.39, 0.29) is 5.91 Å². The molecule has 5 heterocycles. The zero-order valence-electron chi connectivity index (χ0n) is 15.9. The van der Waals surface area contributed by atoms with Gasteiger partial charge in [-0.2, -0.15) is 4.98 Å². The lowest BCUT2D eigenvalue weighted by atomic mass is 9.89. The first-order valence-electron chi connectivity index (χ1n) is 9.52. The highest BCUT2D eigenvalue weighted by Crippen LogP contribution is 2.45. The average molecular weight is 375 g/mol. The molecule has 1 amide bonds. The first-order valence-corrected chi connectivity index (χ1v) is 9.52. The quantitative estimate of drug-likeness (QED) is 0.700. The number of amides is 1. The van der Waals surface area contributed by atoms with Crippen LogP contribution in [0.25, 0.3) is 17.3 Å². The van der Waals surface area contributed by atoms with E-state index in [1.54, 1.807) is 29.7 Å². The van der Waals surface area contributed by atoms with Crippen molar-refractivity contribution in [3.05, 3.63) is 43.1 Å². The Morgan fingerprint density at radius 2 is 2.00 bits per heavy atom. The molecule has 0 N–H and O–H groups in total. The van der Waals surface area contributed by atoms with Crippen molar-refractivity contribution < 1.29 is 4.79 Å². The number of carbonyl (C=O) groups excluding carboxylic acids is 1. The topological polar surface area (TPSA) is 80.0 Å². The fraction of sp³-hybridized carbons (Fsp3) is 0.350. The van der Waals surface area contributed by atoms with Crippen LogP contribution in [0.1, 0.15) is 26.2 Å². The zero-order chi connectivity index (χ0) is 19.3. The molecular formula is C20H21N7O. The van der Waals surface area contributed by atoms with Crippen molar-refractivity contribution in [2.24, 2.45) is 0 Å². The lowest BCUT2D eigenvalue weighted by molar-refractivity contribution is -0.123. The first kappa shape index (κ1) is 16.9. The smallest absolute Gasteiger partial charge is 0.252 e. The van der Waals surface area contributed by atoms with Crippen molar-refractivity contribution in [1.82, 2.24) is 24.5 Å². The summed E-state index contributed by atoms with van der Waals surface area (Å²) in [5.41, 5.74) is 1.21. The molecule has 0 aliphatic carbocycles. The predicted molar refractivity (Wildman–Crippen MR) is 105 cm³/mol. The molecule has 1 unspecified atom stereocenters. The Labute approximate surface area is 162 Å². The third kappa shape index (κ3) is 2.20. The van der Waals surface area contributed by atoms with E-state index in [0.29, 0.717) is 5.95 Å². The number of pyridine rings is 1. The van der Waals surface area contributed by atoms with Crippen LogP contribution in [0.5, 0.6) is 0 Å². The van der Waals surface area contributed by atoms with E-state index in [0.717, 1.165) is 48.7 Å². The Bertz CT molecular complexity index is 1050. The van der Waals surface area contributed by atoms with E-state index in [1.807, 2.05) is 29.9 Å². The molecule has 8 nitrogen and oxygen atoms in total. The summed E-state index contributed by atoms with van der Waals surface area (Å²) in [6.45, 7) is 2.91. The van der Waals surface area contributed by atoms with Crippen molar-refractivity contribution in [1.29, 1.82) is 0 Å². The summed E-state index contributed by atoms with van der Waals surface area (Å²) in [5.74, 6) is 2.26. The minimum atomic E-state index is -0.490. The van der Waals surface area contributed by atoms with E-state index < -0.39 is 5.54 Å². The van der Waals surface area contributed by atoms with Gasteiger partial charge in [-0.3, -0.25) is 14.3 Å². The number of nitrogens with zero attached hydrogens (tertiary/aromatic N) is 7. The Morgan fingerprint density at radius 1 is 1.18 bits per heavy atom. The van der Waals surface area contributed by atoms with E-state index in [1.165, 1.54) is 0 Å². The van der Waals surface area contributed by atoms with Gasteiger partial charge in [0.25, 0.3) is 5.91 Å². The summed E-state index contributed by atoms with van der Waals surface area (Å²) in [6.07, 6.45) is 11.4. The van der Waals surface area contributed by atoms with Gasteiger partial charge in [0.2, 0.25) is 5.95 Å². The second kappa shape index (κ2) is 6.12. The van der Waals surface area contributed by atoms with Gasteiger partial charge >= 0.3 is 0 Å². The van der Waals surface area contributed by atoms with Crippen LogP contribution in [0, 0.1) is 0 Å². The lowest BCUT2D eigenvalue weighted by Gasteiger charge is -2.45. The predicted octanol–water partition coefficient (Wildman–Crippen LogP) is 2.45. The molecule has 1 fully saturated rings. The number of rotatable bonds is 3. The minimum Gasteiger partial charge on any atom is -0.340 e. The number of carbonyl (C=O) groups is 1. The maximum atomic E-state index is 13.1. The number of fused-ring (bicyclic) bond motifs is 3. The number of hydrogen-bond acceptors (Lipinski definition) is 6. The fourth-order valence-electron chi connectivity index (χ4n) is 4.44. The average Bonchev–Trinajstić information content (AvgIpc) is 3.40. The van der Waals surface area contributed by atoms with Crippen molar-refractivity contribution in [3.63, 3.8) is 0 Å². The molecular weight excluding hydrogens is 354 g/mol. The summed E-state index contributed by atoms with van der Waals surface area (Å²) >= 11 is 0. The lowest BCUT2D eigenvalue weighted by Crippen LogP contribution is -2.59. The summed E-state index contributed by atoms with van der Waals surface area (Å²) in [6, 6.07) is 3.82. The minimum absolute atomic E-state index is 0.136. The van der Waals surface area contributed by atoms with E-state index in [4.69, 9.17) is 4.98 Å². The van der Waals surface area contributed by atoms with Crippen LogP contribution >= 0.6 is 0 Å². The van der Waals surface area contributed by atoms with Gasteiger partial charge in [0, 0.05) is 43.9 Å². The molecule has 2 aliphatic heterocycles. The monoisotopic (exact) mass is 375 g/mol. The van der Waals surface area contributed by atoms with E-state index in [9.17, 15) is 4.79 Å². The van der Waals surface area contributed by atoms with Gasteiger partial charge in [-0.1, -0.05) is 6.92 Å². The molecule has 0 bridgehead atoms. The highest BCUT2D eigenvalue weighted by atomic mass is 16.2. The van der Waals surface area contributed by atoms with Crippen LogP contribution in [-0.4, -0.2) is 49.5 Å². The van der Waals surface area contributed by atoms with Crippen molar-refractivity contribution >= 4 is 17.4 Å². The van der Waals surface area contributed by atoms with E-state index >= 15 is 0 Å². The van der Waals surface area contributed by atoms with Crippen molar-refractivity contribution in [3.8, 4) is 17.3 Å².